The van der Waals surface area contributed by atoms with Crippen LogP contribution in [0.5, 0.6) is 0 Å². The fraction of sp³-hybridized carbons (Fsp3) is 1.00. The molecule has 4 unspecified atom stereocenters. The number of aliphatic hydroxyl groups is 1. The number of aliphatic hydroxyl groups excluding tert-OH is 1. The first-order valence-corrected chi connectivity index (χ1v) is 4.95. The summed E-state index contributed by atoms with van der Waals surface area (Å²) in [5.74, 6) is 0. The molecule has 2 aliphatic rings. The van der Waals surface area contributed by atoms with E-state index in [0.29, 0.717) is 6.61 Å². The molecule has 2 saturated heterocycles. The summed E-state index contributed by atoms with van der Waals surface area (Å²) in [5, 5.41) is 4.78. The Morgan fingerprint density at radius 2 is 2.21 bits per heavy atom. The Balaban J connectivity index is 2.35. The maximum absolute atomic E-state index is 7.16. The zero-order chi connectivity index (χ0) is 11.3. The van der Waals surface area contributed by atoms with Gasteiger partial charge in [0.1, 0.15) is 17.8 Å². The van der Waals surface area contributed by atoms with Crippen molar-refractivity contribution >= 4 is 0 Å². The van der Waals surface area contributed by atoms with Gasteiger partial charge in [0.25, 0.3) is 0 Å². The molecule has 0 aromatic heterocycles. The summed E-state index contributed by atoms with van der Waals surface area (Å²) in [4.78, 5) is 0. The second-order valence-electron chi connectivity index (χ2n) is 4.66. The van der Waals surface area contributed by atoms with Gasteiger partial charge in [0.05, 0.1) is 18.3 Å². The Kier molecular flexibility index (Phi) is 1.89. The second kappa shape index (κ2) is 2.92. The van der Waals surface area contributed by atoms with Crippen molar-refractivity contribution in [2.24, 2.45) is 0 Å². The molecule has 1 N–H and O–H groups in total. The molecule has 0 aromatic rings. The third-order valence-corrected chi connectivity index (χ3v) is 3.43. The summed E-state index contributed by atoms with van der Waals surface area (Å²) < 4.78 is 24.1. The number of hydrogen-bond donors (Lipinski definition) is 1. The summed E-state index contributed by atoms with van der Waals surface area (Å²) >= 11 is 0. The van der Waals surface area contributed by atoms with Crippen LogP contribution in [0.1, 0.15) is 20.8 Å². The van der Waals surface area contributed by atoms with Crippen molar-refractivity contribution in [1.29, 1.82) is 1.43 Å². The molecule has 82 valence electrons. The smallest absolute Gasteiger partial charge is 0.211 e. The summed E-state index contributed by atoms with van der Waals surface area (Å²) in [5.41, 5.74) is -1.14. The minimum absolute atomic E-state index is 0.0523. The average molecular weight is 204 g/mol. The highest BCUT2D eigenvalue weighted by molar-refractivity contribution is 5.16. The van der Waals surface area contributed by atoms with Crippen LogP contribution in [0.3, 0.4) is 0 Å². The van der Waals surface area contributed by atoms with E-state index in [9.17, 15) is 0 Å². The van der Waals surface area contributed by atoms with E-state index >= 15 is 0 Å². The Hall–Kier alpha value is -0.160. The Morgan fingerprint density at radius 1 is 1.50 bits per heavy atom. The lowest BCUT2D eigenvalue weighted by atomic mass is 9.84. The first-order valence-electron chi connectivity index (χ1n) is 5.36. The van der Waals surface area contributed by atoms with Gasteiger partial charge in [0.15, 0.2) is 0 Å². The SMILES string of the molecule is [3H]OC1C2OC(C)(C)C1(COC)OC2C. The van der Waals surface area contributed by atoms with E-state index in [1.54, 1.807) is 7.11 Å². The normalized spacial score (nSPS) is 50.9. The van der Waals surface area contributed by atoms with E-state index in [4.69, 9.17) is 20.8 Å². The number of ether oxygens (including phenoxy) is 3. The molecule has 14 heavy (non-hydrogen) atoms. The van der Waals surface area contributed by atoms with E-state index < -0.39 is 11.2 Å². The first-order chi connectivity index (χ1) is 6.98. The van der Waals surface area contributed by atoms with Crippen LogP contribution in [0.2, 0.25) is 0 Å². The molecule has 4 nitrogen and oxygen atoms in total. The van der Waals surface area contributed by atoms with Crippen LogP contribution in [0.25, 0.3) is 0 Å². The zero-order valence-electron chi connectivity index (χ0n) is 10.1. The fourth-order valence-electron chi connectivity index (χ4n) is 2.56. The van der Waals surface area contributed by atoms with Crippen molar-refractivity contribution in [2.75, 3.05) is 13.7 Å². The van der Waals surface area contributed by atoms with Gasteiger partial charge in [-0.05, 0) is 20.8 Å². The van der Waals surface area contributed by atoms with Gasteiger partial charge in [0.2, 0.25) is 1.43 Å². The molecule has 2 rings (SSSR count). The molecule has 2 aliphatic heterocycles. The second-order valence-corrected chi connectivity index (χ2v) is 4.66. The first kappa shape index (κ1) is 9.09. The van der Waals surface area contributed by atoms with Crippen molar-refractivity contribution in [2.45, 2.75) is 50.3 Å². The molecule has 2 fully saturated rings. The van der Waals surface area contributed by atoms with Crippen LogP contribution in [-0.2, 0) is 14.2 Å². The van der Waals surface area contributed by atoms with E-state index in [1.165, 1.54) is 0 Å². The van der Waals surface area contributed by atoms with Gasteiger partial charge < -0.3 is 19.3 Å². The van der Waals surface area contributed by atoms with Crippen LogP contribution in [0, 0.1) is 0 Å². The lowest BCUT2D eigenvalue weighted by molar-refractivity contribution is -0.236. The van der Waals surface area contributed by atoms with Gasteiger partial charge in [-0.2, -0.15) is 0 Å². The molecule has 0 radical (unpaired) electrons. The Bertz CT molecular complexity index is 258. The van der Waals surface area contributed by atoms with E-state index in [-0.39, 0.29) is 18.3 Å². The van der Waals surface area contributed by atoms with Crippen LogP contribution < -0.4 is 0 Å². The highest BCUT2D eigenvalue weighted by Gasteiger charge is 2.69. The summed E-state index contributed by atoms with van der Waals surface area (Å²) in [7, 11) is 1.62. The van der Waals surface area contributed by atoms with Gasteiger partial charge in [-0.25, -0.2) is 0 Å². The fourth-order valence-corrected chi connectivity index (χ4v) is 2.56. The zero-order valence-corrected chi connectivity index (χ0v) is 9.07. The lowest BCUT2D eigenvalue weighted by Crippen LogP contribution is -2.57. The molecule has 0 saturated carbocycles. The number of fused-ring (bicyclic) bond motifs is 2. The van der Waals surface area contributed by atoms with Gasteiger partial charge in [-0.15, -0.1) is 0 Å². The molecular weight excluding hydrogens is 184 g/mol. The molecule has 0 aliphatic carbocycles. The average Bonchev–Trinajstić information content (AvgIpc) is 2.51. The van der Waals surface area contributed by atoms with E-state index in [1.807, 2.05) is 20.8 Å². The molecule has 0 aromatic carbocycles. The number of rotatable bonds is 3. The molecule has 2 heterocycles. The summed E-state index contributed by atoms with van der Waals surface area (Å²) in [6.07, 6.45) is -0.598. The topological polar surface area (TPSA) is 47.9 Å². The van der Waals surface area contributed by atoms with Crippen molar-refractivity contribution in [3.8, 4) is 0 Å². The number of methoxy groups -OCH3 is 1. The Morgan fingerprint density at radius 3 is 2.79 bits per heavy atom. The predicted octanol–water partition coefficient (Wildman–Crippen LogP) is 0.329. The highest BCUT2D eigenvalue weighted by atomic mass is 16.7. The van der Waals surface area contributed by atoms with Crippen molar-refractivity contribution in [3.63, 3.8) is 0 Å². The van der Waals surface area contributed by atoms with Crippen molar-refractivity contribution in [1.82, 2.24) is 0 Å². The minimum Gasteiger partial charge on any atom is -0.387 e. The monoisotopic (exact) mass is 204 g/mol. The molecule has 4 heteroatoms. The predicted molar refractivity (Wildman–Crippen MR) is 50.1 cm³/mol. The summed E-state index contributed by atoms with van der Waals surface area (Å²) in [6.45, 7) is 6.21. The molecule has 2 bridgehead atoms. The number of hydrogen-bond acceptors (Lipinski definition) is 4. The van der Waals surface area contributed by atoms with Gasteiger partial charge in [0, 0.05) is 7.11 Å². The standard InChI is InChI=1S/C10H18O4/c1-6-7-8(11)10(13-6,5-12-4)9(2,3)14-7/h6-8,11H,5H2,1-4H3/i11T. The molecule has 0 amide bonds. The highest BCUT2D eigenvalue weighted by Crippen LogP contribution is 2.50. The summed E-state index contributed by atoms with van der Waals surface area (Å²) in [6, 6.07) is 0. The van der Waals surface area contributed by atoms with E-state index in [0.717, 1.165) is 0 Å². The minimum atomic E-state index is -0.659. The molecular formula is C10H18O4. The van der Waals surface area contributed by atoms with Crippen molar-refractivity contribution in [3.05, 3.63) is 0 Å². The molecule has 0 spiro atoms. The van der Waals surface area contributed by atoms with Crippen LogP contribution in [0.4, 0.5) is 0 Å². The largest absolute Gasteiger partial charge is 0.387 e. The van der Waals surface area contributed by atoms with Crippen LogP contribution >= 0.6 is 0 Å². The lowest BCUT2D eigenvalue weighted by Gasteiger charge is -2.42. The maximum atomic E-state index is 7.16. The Labute approximate surface area is 85.6 Å². The van der Waals surface area contributed by atoms with Gasteiger partial charge in [-0.1, -0.05) is 0 Å². The van der Waals surface area contributed by atoms with Gasteiger partial charge in [-0.3, -0.25) is 0 Å². The molecule has 4 atom stereocenters. The third kappa shape index (κ3) is 1.03. The van der Waals surface area contributed by atoms with Crippen LogP contribution in [0.15, 0.2) is 0 Å². The maximum Gasteiger partial charge on any atom is 0.211 e. The van der Waals surface area contributed by atoms with E-state index in [2.05, 4.69) is 0 Å². The third-order valence-electron chi connectivity index (χ3n) is 3.43. The van der Waals surface area contributed by atoms with Crippen LogP contribution in [-0.4, -0.2) is 49.8 Å². The van der Waals surface area contributed by atoms with Gasteiger partial charge >= 0.3 is 0 Å². The van der Waals surface area contributed by atoms with Crippen molar-refractivity contribution < 1.29 is 19.3 Å². The quantitative estimate of drug-likeness (QED) is 0.719.